The quantitative estimate of drug-likeness (QED) is 0.481. The van der Waals surface area contributed by atoms with Crippen LogP contribution in [0.1, 0.15) is 52.9 Å². The molecule has 0 radical (unpaired) electrons. The zero-order valence-electron chi connectivity index (χ0n) is 21.4. The number of pyridine rings is 2. The topological polar surface area (TPSA) is 92.3 Å². The molecule has 7 nitrogen and oxygen atoms in total. The number of aryl methyl sites for hydroxylation is 1. The maximum Gasteiger partial charge on any atom is 0.254 e. The Morgan fingerprint density at radius 2 is 1.87 bits per heavy atom. The molecule has 1 aromatic carbocycles. The van der Waals surface area contributed by atoms with Crippen molar-refractivity contribution in [3.8, 4) is 0 Å². The second-order valence-electron chi connectivity index (χ2n) is 10.4. The molecule has 1 aliphatic heterocycles. The number of amides is 2. The molecule has 8 heteroatoms. The minimum Gasteiger partial charge on any atom is -0.328 e. The Balaban J connectivity index is 1.30. The van der Waals surface area contributed by atoms with Gasteiger partial charge in [0.25, 0.3) is 5.91 Å². The van der Waals surface area contributed by atoms with Crippen molar-refractivity contribution in [1.29, 1.82) is 0 Å². The molecular formula is C30H31ClN4O3. The highest BCUT2D eigenvalue weighted by Crippen LogP contribution is 2.33. The van der Waals surface area contributed by atoms with E-state index >= 15 is 0 Å². The van der Waals surface area contributed by atoms with Gasteiger partial charge in [0.1, 0.15) is 5.82 Å². The zero-order valence-corrected chi connectivity index (χ0v) is 22.2. The van der Waals surface area contributed by atoms with Crippen molar-refractivity contribution in [1.82, 2.24) is 14.9 Å². The molecule has 0 saturated heterocycles. The number of rotatable bonds is 6. The SMILES string of the molecule is Cc1ccc(NC(=O)C2CCC(CN3C(=O)c4ccc(Cl)cc4CC(=O)[C@H]3Cc3ccccn3)CC2)nc1. The van der Waals surface area contributed by atoms with Gasteiger partial charge in [0, 0.05) is 54.0 Å². The minimum atomic E-state index is -0.600. The number of Topliss-reactive ketones (excluding diaryl/α,β-unsaturated/α-hetero) is 1. The second kappa shape index (κ2) is 11.4. The third kappa shape index (κ3) is 5.94. The van der Waals surface area contributed by atoms with Crippen LogP contribution < -0.4 is 5.32 Å². The maximum absolute atomic E-state index is 13.8. The first kappa shape index (κ1) is 26.0. The number of nitrogens with zero attached hydrogens (tertiary/aromatic N) is 3. The molecule has 2 amide bonds. The highest BCUT2D eigenvalue weighted by molar-refractivity contribution is 6.30. The van der Waals surface area contributed by atoms with Crippen LogP contribution in [0.2, 0.25) is 5.02 Å². The summed E-state index contributed by atoms with van der Waals surface area (Å²) in [4.78, 5) is 50.6. The largest absolute Gasteiger partial charge is 0.328 e. The Labute approximate surface area is 227 Å². The number of carbonyl (C=O) groups is 3. The van der Waals surface area contributed by atoms with Gasteiger partial charge in [-0.25, -0.2) is 4.98 Å². The van der Waals surface area contributed by atoms with E-state index in [9.17, 15) is 14.4 Å². The predicted octanol–water partition coefficient (Wildman–Crippen LogP) is 5.06. The third-order valence-corrected chi connectivity index (χ3v) is 7.87. The Hall–Kier alpha value is -3.58. The average Bonchev–Trinajstić information content (AvgIpc) is 3.00. The lowest BCUT2D eigenvalue weighted by Crippen LogP contribution is -2.48. The lowest BCUT2D eigenvalue weighted by Gasteiger charge is -2.35. The molecule has 38 heavy (non-hydrogen) atoms. The van der Waals surface area contributed by atoms with Gasteiger partial charge in [-0.05, 0) is 86.1 Å². The standard InChI is InChI=1S/C30H31ClN4O3/c1-19-5-12-28(33-17-19)34-29(37)21-8-6-20(7-9-21)18-35-26(16-24-4-2-3-13-32-24)27(36)15-22-14-23(31)10-11-25(22)30(35)38/h2-5,10-14,17,20-21,26H,6-9,15-16,18H2,1H3,(H,33,34,37)/t20?,21?,26-/m1/s1. The van der Waals surface area contributed by atoms with Crippen LogP contribution in [-0.2, 0) is 22.4 Å². The molecule has 2 aliphatic rings. The summed E-state index contributed by atoms with van der Waals surface area (Å²) in [5.41, 5.74) is 3.02. The maximum atomic E-state index is 13.8. The zero-order chi connectivity index (χ0) is 26.6. The lowest BCUT2D eigenvalue weighted by molar-refractivity contribution is -0.122. The third-order valence-electron chi connectivity index (χ3n) is 7.63. The average molecular weight is 531 g/mol. The smallest absolute Gasteiger partial charge is 0.254 e. The van der Waals surface area contributed by atoms with Gasteiger partial charge in [0.05, 0.1) is 6.04 Å². The molecule has 0 unspecified atom stereocenters. The highest BCUT2D eigenvalue weighted by atomic mass is 35.5. The number of aromatic nitrogens is 2. The molecular weight excluding hydrogens is 500 g/mol. The molecule has 2 aromatic heterocycles. The van der Waals surface area contributed by atoms with Crippen LogP contribution in [0.4, 0.5) is 5.82 Å². The summed E-state index contributed by atoms with van der Waals surface area (Å²) in [5.74, 6) is 0.501. The summed E-state index contributed by atoms with van der Waals surface area (Å²) in [5, 5.41) is 3.44. The van der Waals surface area contributed by atoms with E-state index in [1.807, 2.05) is 37.3 Å². The lowest BCUT2D eigenvalue weighted by atomic mass is 9.81. The van der Waals surface area contributed by atoms with Crippen molar-refractivity contribution in [3.63, 3.8) is 0 Å². The van der Waals surface area contributed by atoms with E-state index in [0.717, 1.165) is 36.9 Å². The first-order valence-electron chi connectivity index (χ1n) is 13.1. The molecule has 3 heterocycles. The van der Waals surface area contributed by atoms with Crippen molar-refractivity contribution < 1.29 is 14.4 Å². The fraction of sp³-hybridized carbons (Fsp3) is 0.367. The van der Waals surface area contributed by atoms with Crippen LogP contribution >= 0.6 is 11.6 Å². The Bertz CT molecular complexity index is 1320. The molecule has 0 spiro atoms. The van der Waals surface area contributed by atoms with Crippen molar-refractivity contribution in [2.45, 2.75) is 51.5 Å². The monoisotopic (exact) mass is 530 g/mol. The summed E-state index contributed by atoms with van der Waals surface area (Å²) >= 11 is 6.20. The number of benzene rings is 1. The van der Waals surface area contributed by atoms with Gasteiger partial charge in [0.15, 0.2) is 5.78 Å². The number of anilines is 1. The van der Waals surface area contributed by atoms with E-state index in [1.54, 1.807) is 35.5 Å². The normalized spacial score (nSPS) is 21.5. The molecule has 1 aliphatic carbocycles. The first-order chi connectivity index (χ1) is 18.4. The number of halogens is 1. The number of hydrogen-bond acceptors (Lipinski definition) is 5. The van der Waals surface area contributed by atoms with E-state index in [4.69, 9.17) is 11.6 Å². The number of carbonyl (C=O) groups excluding carboxylic acids is 3. The van der Waals surface area contributed by atoms with Crippen LogP contribution in [0, 0.1) is 18.8 Å². The molecule has 1 N–H and O–H groups in total. The van der Waals surface area contributed by atoms with Crippen molar-refractivity contribution in [2.75, 3.05) is 11.9 Å². The number of fused-ring (bicyclic) bond motifs is 1. The van der Waals surface area contributed by atoms with Gasteiger partial charge in [-0.1, -0.05) is 23.7 Å². The minimum absolute atomic E-state index is 0.0105. The van der Waals surface area contributed by atoms with Gasteiger partial charge >= 0.3 is 0 Å². The van der Waals surface area contributed by atoms with E-state index in [1.165, 1.54) is 0 Å². The number of ketones is 1. The van der Waals surface area contributed by atoms with E-state index in [-0.39, 0.29) is 35.9 Å². The van der Waals surface area contributed by atoms with Gasteiger partial charge < -0.3 is 10.2 Å². The fourth-order valence-electron chi connectivity index (χ4n) is 5.50. The van der Waals surface area contributed by atoms with Crippen LogP contribution in [0.5, 0.6) is 0 Å². The highest BCUT2D eigenvalue weighted by Gasteiger charge is 2.38. The van der Waals surface area contributed by atoms with Crippen molar-refractivity contribution >= 4 is 35.0 Å². The predicted molar refractivity (Wildman–Crippen MR) is 146 cm³/mol. The molecule has 5 rings (SSSR count). The van der Waals surface area contributed by atoms with Crippen LogP contribution in [-0.4, -0.2) is 45.1 Å². The van der Waals surface area contributed by atoms with Crippen LogP contribution in [0.25, 0.3) is 0 Å². The molecule has 3 aromatic rings. The number of nitrogens with one attached hydrogen (secondary N) is 1. The van der Waals surface area contributed by atoms with Crippen LogP contribution in [0.15, 0.2) is 60.9 Å². The van der Waals surface area contributed by atoms with Gasteiger partial charge in [0.2, 0.25) is 5.91 Å². The first-order valence-corrected chi connectivity index (χ1v) is 13.5. The Morgan fingerprint density at radius 1 is 1.05 bits per heavy atom. The summed E-state index contributed by atoms with van der Waals surface area (Å²) in [7, 11) is 0. The van der Waals surface area contributed by atoms with E-state index < -0.39 is 6.04 Å². The second-order valence-corrected chi connectivity index (χ2v) is 10.8. The molecule has 1 atom stereocenters. The molecule has 196 valence electrons. The Morgan fingerprint density at radius 3 is 2.58 bits per heavy atom. The summed E-state index contributed by atoms with van der Waals surface area (Å²) in [6, 6.07) is 13.9. The summed E-state index contributed by atoms with van der Waals surface area (Å²) in [6.45, 7) is 2.43. The van der Waals surface area contributed by atoms with Gasteiger partial charge in [-0.15, -0.1) is 0 Å². The van der Waals surface area contributed by atoms with Crippen LogP contribution in [0.3, 0.4) is 0 Å². The molecule has 1 fully saturated rings. The fourth-order valence-corrected chi connectivity index (χ4v) is 5.69. The van der Waals surface area contributed by atoms with Crippen molar-refractivity contribution in [3.05, 3.63) is 88.3 Å². The van der Waals surface area contributed by atoms with Crippen molar-refractivity contribution in [2.24, 2.45) is 11.8 Å². The summed E-state index contributed by atoms with van der Waals surface area (Å²) in [6.07, 6.45) is 7.05. The molecule has 0 bridgehead atoms. The Kier molecular flexibility index (Phi) is 7.84. The molecule has 1 saturated carbocycles. The van der Waals surface area contributed by atoms with Gasteiger partial charge in [-0.3, -0.25) is 19.4 Å². The van der Waals surface area contributed by atoms with Gasteiger partial charge in [-0.2, -0.15) is 0 Å². The van der Waals surface area contributed by atoms with E-state index in [0.29, 0.717) is 34.9 Å². The number of hydrogen-bond donors (Lipinski definition) is 1. The summed E-state index contributed by atoms with van der Waals surface area (Å²) < 4.78 is 0. The van der Waals surface area contributed by atoms with E-state index in [2.05, 4.69) is 15.3 Å².